The lowest BCUT2D eigenvalue weighted by Crippen LogP contribution is -2.31. The molecule has 0 unspecified atom stereocenters. The summed E-state index contributed by atoms with van der Waals surface area (Å²) in [6.07, 6.45) is 3.95. The molecular formula is C8H9NO3. The Bertz CT molecular complexity index is 250. The van der Waals surface area contributed by atoms with Crippen LogP contribution in [0.4, 0.5) is 4.79 Å². The van der Waals surface area contributed by atoms with Crippen molar-refractivity contribution in [1.29, 1.82) is 0 Å². The lowest BCUT2D eigenvalue weighted by Gasteiger charge is -2.01. The Morgan fingerprint density at radius 3 is 2.67 bits per heavy atom. The Hall–Kier alpha value is -1.76. The maximum Gasteiger partial charge on any atom is 0.415 e. The highest BCUT2D eigenvalue weighted by Gasteiger charge is 2.07. The van der Waals surface area contributed by atoms with Crippen LogP contribution in [0.5, 0.6) is 0 Å². The zero-order valence-corrected chi connectivity index (χ0v) is 6.72. The molecule has 0 aliphatic carbocycles. The molecule has 0 aliphatic heterocycles. The van der Waals surface area contributed by atoms with Crippen LogP contribution >= 0.6 is 0 Å². The highest BCUT2D eigenvalue weighted by Crippen LogP contribution is 1.86. The first-order valence-corrected chi connectivity index (χ1v) is 3.15. The van der Waals surface area contributed by atoms with E-state index in [4.69, 9.17) is 6.42 Å². The van der Waals surface area contributed by atoms with Crippen LogP contribution in [-0.4, -0.2) is 18.6 Å². The second kappa shape index (κ2) is 4.97. The van der Waals surface area contributed by atoms with Gasteiger partial charge in [-0.2, -0.15) is 0 Å². The van der Waals surface area contributed by atoms with Gasteiger partial charge in [0, 0.05) is 5.57 Å². The molecular weight excluding hydrogens is 158 g/mol. The van der Waals surface area contributed by atoms with Crippen molar-refractivity contribution in [1.82, 2.24) is 5.32 Å². The highest BCUT2D eigenvalue weighted by molar-refractivity contribution is 6.01. The van der Waals surface area contributed by atoms with E-state index in [0.717, 1.165) is 0 Å². The fourth-order valence-electron chi connectivity index (χ4n) is 0.343. The van der Waals surface area contributed by atoms with E-state index in [2.05, 4.69) is 17.2 Å². The molecule has 0 aromatic rings. The van der Waals surface area contributed by atoms with Crippen LogP contribution in [0.3, 0.4) is 0 Å². The van der Waals surface area contributed by atoms with Gasteiger partial charge >= 0.3 is 6.09 Å². The maximum atomic E-state index is 10.8. The minimum Gasteiger partial charge on any atom is -0.436 e. The first-order valence-electron chi connectivity index (χ1n) is 3.15. The number of alkyl carbamates (subject to hydrolysis) is 1. The monoisotopic (exact) mass is 167 g/mol. The molecule has 0 fully saturated rings. The van der Waals surface area contributed by atoms with Gasteiger partial charge < -0.3 is 4.74 Å². The summed E-state index contributed by atoms with van der Waals surface area (Å²) >= 11 is 0. The van der Waals surface area contributed by atoms with E-state index in [1.807, 2.05) is 5.32 Å². The van der Waals surface area contributed by atoms with Gasteiger partial charge in [0.05, 0.1) is 0 Å². The summed E-state index contributed by atoms with van der Waals surface area (Å²) in [4.78, 5) is 21.4. The molecule has 0 aliphatic rings. The summed E-state index contributed by atoms with van der Waals surface area (Å²) < 4.78 is 4.36. The Labute approximate surface area is 70.6 Å². The number of carbonyl (C=O) groups excluding carboxylic acids is 2. The van der Waals surface area contributed by atoms with Gasteiger partial charge in [-0.25, -0.2) is 4.79 Å². The zero-order valence-electron chi connectivity index (χ0n) is 6.72. The van der Waals surface area contributed by atoms with Crippen LogP contribution in [0.1, 0.15) is 6.92 Å². The van der Waals surface area contributed by atoms with E-state index in [1.54, 1.807) is 0 Å². The predicted molar refractivity (Wildman–Crippen MR) is 43.1 cm³/mol. The summed E-state index contributed by atoms with van der Waals surface area (Å²) in [6.45, 7) is 4.65. The molecule has 0 aromatic carbocycles. The fourth-order valence-corrected chi connectivity index (χ4v) is 0.343. The van der Waals surface area contributed by atoms with Gasteiger partial charge in [-0.15, -0.1) is 6.42 Å². The first kappa shape index (κ1) is 10.2. The van der Waals surface area contributed by atoms with Crippen LogP contribution in [0, 0.1) is 12.3 Å². The molecule has 12 heavy (non-hydrogen) atoms. The lowest BCUT2D eigenvalue weighted by atomic mass is 10.3. The number of hydrogen-bond donors (Lipinski definition) is 1. The van der Waals surface area contributed by atoms with Crippen molar-refractivity contribution in [2.45, 2.75) is 6.92 Å². The molecule has 0 saturated carbocycles. The fraction of sp³-hybridized carbons (Fsp3) is 0.250. The number of imide groups is 1. The van der Waals surface area contributed by atoms with Crippen LogP contribution in [0.15, 0.2) is 12.2 Å². The van der Waals surface area contributed by atoms with Crippen molar-refractivity contribution in [2.75, 3.05) is 6.61 Å². The molecule has 64 valence electrons. The number of terminal acetylenes is 1. The van der Waals surface area contributed by atoms with Gasteiger partial charge in [-0.3, -0.25) is 10.1 Å². The average Bonchev–Trinajstić information content (AvgIpc) is 2.00. The van der Waals surface area contributed by atoms with E-state index in [1.165, 1.54) is 6.92 Å². The van der Waals surface area contributed by atoms with Gasteiger partial charge in [-0.05, 0) is 6.92 Å². The highest BCUT2D eigenvalue weighted by atomic mass is 16.5. The Morgan fingerprint density at radius 1 is 1.67 bits per heavy atom. The maximum absolute atomic E-state index is 10.8. The van der Waals surface area contributed by atoms with E-state index in [-0.39, 0.29) is 12.2 Å². The first-order chi connectivity index (χ1) is 5.57. The predicted octanol–water partition coefficient (Wildman–Crippen LogP) is 0.449. The summed E-state index contributed by atoms with van der Waals surface area (Å²) in [7, 11) is 0. The quantitative estimate of drug-likeness (QED) is 0.480. The summed E-state index contributed by atoms with van der Waals surface area (Å²) in [5.74, 6) is 1.51. The molecule has 0 radical (unpaired) electrons. The lowest BCUT2D eigenvalue weighted by molar-refractivity contribution is -0.116. The number of hydrogen-bond acceptors (Lipinski definition) is 3. The van der Waals surface area contributed by atoms with Gasteiger partial charge in [-0.1, -0.05) is 12.5 Å². The zero-order chi connectivity index (χ0) is 9.56. The smallest absolute Gasteiger partial charge is 0.415 e. The average molecular weight is 167 g/mol. The van der Waals surface area contributed by atoms with Crippen LogP contribution in [-0.2, 0) is 9.53 Å². The molecule has 4 heteroatoms. The van der Waals surface area contributed by atoms with E-state index >= 15 is 0 Å². The summed E-state index contributed by atoms with van der Waals surface area (Å²) in [5.41, 5.74) is 0.229. The molecule has 1 N–H and O–H groups in total. The minimum absolute atomic E-state index is 0.157. The van der Waals surface area contributed by atoms with Crippen LogP contribution < -0.4 is 5.32 Å². The van der Waals surface area contributed by atoms with Crippen molar-refractivity contribution in [3.8, 4) is 12.3 Å². The van der Waals surface area contributed by atoms with Gasteiger partial charge in [0.25, 0.3) is 5.91 Å². The summed E-state index contributed by atoms with van der Waals surface area (Å²) in [5, 5.41) is 1.92. The van der Waals surface area contributed by atoms with Crippen molar-refractivity contribution in [2.24, 2.45) is 0 Å². The number of carbonyl (C=O) groups is 2. The molecule has 2 amide bonds. The third kappa shape index (κ3) is 4.12. The van der Waals surface area contributed by atoms with E-state index in [9.17, 15) is 9.59 Å². The molecule has 0 aromatic heterocycles. The molecule has 0 spiro atoms. The van der Waals surface area contributed by atoms with E-state index < -0.39 is 12.0 Å². The number of rotatable bonds is 2. The van der Waals surface area contributed by atoms with Crippen molar-refractivity contribution in [3.05, 3.63) is 12.2 Å². The minimum atomic E-state index is -0.860. The summed E-state index contributed by atoms with van der Waals surface area (Å²) in [6, 6.07) is 0. The topological polar surface area (TPSA) is 55.4 Å². The van der Waals surface area contributed by atoms with Gasteiger partial charge in [0.1, 0.15) is 0 Å². The molecule has 0 heterocycles. The van der Waals surface area contributed by atoms with Crippen LogP contribution in [0.25, 0.3) is 0 Å². The number of nitrogens with one attached hydrogen (secondary N) is 1. The molecule has 0 atom stereocenters. The third-order valence-corrected chi connectivity index (χ3v) is 0.890. The second-order valence-corrected chi connectivity index (χ2v) is 2.01. The number of amides is 2. The number of ether oxygens (including phenoxy) is 1. The standard InChI is InChI=1S/C8H9NO3/c1-4-5-12-8(11)9-7(10)6(2)3/h1H,2,5H2,3H3,(H,9,10,11). The third-order valence-electron chi connectivity index (χ3n) is 0.890. The Balaban J connectivity index is 3.79. The molecule has 0 bridgehead atoms. The Kier molecular flexibility index (Phi) is 4.24. The molecule has 4 nitrogen and oxygen atoms in total. The van der Waals surface area contributed by atoms with E-state index in [0.29, 0.717) is 0 Å². The molecule has 0 rings (SSSR count). The van der Waals surface area contributed by atoms with Crippen molar-refractivity contribution in [3.63, 3.8) is 0 Å². The van der Waals surface area contributed by atoms with Crippen molar-refractivity contribution < 1.29 is 14.3 Å². The van der Waals surface area contributed by atoms with Crippen LogP contribution in [0.2, 0.25) is 0 Å². The molecule has 0 saturated heterocycles. The Morgan fingerprint density at radius 2 is 2.25 bits per heavy atom. The van der Waals surface area contributed by atoms with Crippen molar-refractivity contribution >= 4 is 12.0 Å². The normalized spacial score (nSPS) is 8.00. The largest absolute Gasteiger partial charge is 0.436 e. The second-order valence-electron chi connectivity index (χ2n) is 2.01. The van der Waals surface area contributed by atoms with Gasteiger partial charge in [0.2, 0.25) is 0 Å². The SMILES string of the molecule is C#CCOC(=O)NC(=O)C(=C)C. The van der Waals surface area contributed by atoms with Gasteiger partial charge in [0.15, 0.2) is 6.61 Å².